The Bertz CT molecular complexity index is 448. The third-order valence-corrected chi connectivity index (χ3v) is 3.23. The molecule has 0 bridgehead atoms. The molecule has 88 valence electrons. The number of oxazole rings is 1. The maximum Gasteiger partial charge on any atom is 0.180 e. The molecule has 1 unspecified atom stereocenters. The van der Waals surface area contributed by atoms with Crippen LogP contribution in [-0.2, 0) is 6.54 Å². The number of rotatable bonds is 5. The third kappa shape index (κ3) is 2.56. The van der Waals surface area contributed by atoms with Gasteiger partial charge in [-0.05, 0) is 24.3 Å². The Kier molecular flexibility index (Phi) is 2.92. The van der Waals surface area contributed by atoms with Crippen LogP contribution in [0.3, 0.4) is 0 Å². The number of aromatic nitrogens is 1. The van der Waals surface area contributed by atoms with E-state index >= 15 is 0 Å². The largest absolute Gasteiger partial charge is 0.447 e. The van der Waals surface area contributed by atoms with Crippen LogP contribution in [0.25, 0.3) is 0 Å². The van der Waals surface area contributed by atoms with E-state index in [0.29, 0.717) is 6.04 Å². The average Bonchev–Trinajstić information content (AvgIpc) is 3.07. The van der Waals surface area contributed by atoms with Crippen molar-refractivity contribution in [1.82, 2.24) is 10.3 Å². The van der Waals surface area contributed by atoms with Crippen LogP contribution in [0.1, 0.15) is 30.2 Å². The first-order chi connectivity index (χ1) is 8.43. The second kappa shape index (κ2) is 4.72. The van der Waals surface area contributed by atoms with Gasteiger partial charge in [0.05, 0.1) is 12.7 Å². The highest BCUT2D eigenvalue weighted by molar-refractivity contribution is 5.21. The minimum absolute atomic E-state index is 0.446. The van der Waals surface area contributed by atoms with Crippen LogP contribution in [0.15, 0.2) is 47.3 Å². The van der Waals surface area contributed by atoms with Gasteiger partial charge >= 0.3 is 0 Å². The Morgan fingerprint density at radius 3 is 2.76 bits per heavy atom. The fourth-order valence-electron chi connectivity index (χ4n) is 2.19. The molecule has 3 heteroatoms. The molecule has 0 spiro atoms. The molecule has 0 aliphatic heterocycles. The van der Waals surface area contributed by atoms with E-state index in [1.54, 1.807) is 6.20 Å². The van der Waals surface area contributed by atoms with E-state index in [0.717, 1.165) is 18.2 Å². The lowest BCUT2D eigenvalue weighted by Crippen LogP contribution is -2.22. The lowest BCUT2D eigenvalue weighted by molar-refractivity contribution is 0.425. The molecule has 3 nitrogen and oxygen atoms in total. The van der Waals surface area contributed by atoms with Gasteiger partial charge in [-0.2, -0.15) is 0 Å². The van der Waals surface area contributed by atoms with Crippen molar-refractivity contribution in [2.45, 2.75) is 25.4 Å². The third-order valence-electron chi connectivity index (χ3n) is 3.23. The molecular formula is C14H16N2O. The summed E-state index contributed by atoms with van der Waals surface area (Å²) in [4.78, 5) is 3.93. The standard InChI is InChI=1S/C14H16N2O/c1-2-4-11(5-3-1)14(12-6-7-12)16-9-13-8-15-10-17-13/h1-5,8,10,12,14,16H,6-7,9H2. The Morgan fingerprint density at radius 2 is 2.12 bits per heavy atom. The normalized spacial score (nSPS) is 16.9. The maximum atomic E-state index is 5.25. The second-order valence-electron chi connectivity index (χ2n) is 4.57. The van der Waals surface area contributed by atoms with Gasteiger partial charge < -0.3 is 9.73 Å². The molecule has 0 saturated heterocycles. The lowest BCUT2D eigenvalue weighted by atomic mass is 10.0. The Morgan fingerprint density at radius 1 is 1.29 bits per heavy atom. The zero-order chi connectivity index (χ0) is 11.5. The molecule has 1 aliphatic carbocycles. The van der Waals surface area contributed by atoms with Crippen molar-refractivity contribution in [3.05, 3.63) is 54.2 Å². The van der Waals surface area contributed by atoms with Gasteiger partial charge in [0, 0.05) is 6.04 Å². The summed E-state index contributed by atoms with van der Waals surface area (Å²) in [6.07, 6.45) is 5.89. The SMILES string of the molecule is c1ccc(C(NCc2cnco2)C2CC2)cc1. The molecule has 3 rings (SSSR count). The summed E-state index contributed by atoms with van der Waals surface area (Å²) in [5.74, 6) is 1.67. The predicted molar refractivity (Wildman–Crippen MR) is 65.2 cm³/mol. The zero-order valence-corrected chi connectivity index (χ0v) is 9.67. The van der Waals surface area contributed by atoms with Gasteiger partial charge in [-0.1, -0.05) is 30.3 Å². The van der Waals surface area contributed by atoms with Crippen molar-refractivity contribution in [1.29, 1.82) is 0 Å². The minimum Gasteiger partial charge on any atom is -0.447 e. The number of benzene rings is 1. The first-order valence-electron chi connectivity index (χ1n) is 6.09. The fourth-order valence-corrected chi connectivity index (χ4v) is 2.19. The number of hydrogen-bond acceptors (Lipinski definition) is 3. The van der Waals surface area contributed by atoms with Crippen LogP contribution in [0.2, 0.25) is 0 Å². The van der Waals surface area contributed by atoms with Crippen LogP contribution in [0, 0.1) is 5.92 Å². The number of hydrogen-bond donors (Lipinski definition) is 1. The quantitative estimate of drug-likeness (QED) is 0.855. The van der Waals surface area contributed by atoms with Crippen molar-refractivity contribution in [3.63, 3.8) is 0 Å². The van der Waals surface area contributed by atoms with Crippen LogP contribution >= 0.6 is 0 Å². The fraction of sp³-hybridized carbons (Fsp3) is 0.357. The van der Waals surface area contributed by atoms with Crippen molar-refractivity contribution >= 4 is 0 Å². The van der Waals surface area contributed by atoms with Crippen LogP contribution in [0.5, 0.6) is 0 Å². The van der Waals surface area contributed by atoms with E-state index in [4.69, 9.17) is 4.42 Å². The minimum atomic E-state index is 0.446. The number of nitrogens with one attached hydrogen (secondary N) is 1. The summed E-state index contributed by atoms with van der Waals surface area (Å²) in [5.41, 5.74) is 1.37. The van der Waals surface area contributed by atoms with E-state index in [1.807, 2.05) is 0 Å². The molecule has 1 aromatic carbocycles. The molecule has 17 heavy (non-hydrogen) atoms. The van der Waals surface area contributed by atoms with Gasteiger partial charge in [-0.25, -0.2) is 4.98 Å². The molecule has 1 fully saturated rings. The Balaban J connectivity index is 1.68. The van der Waals surface area contributed by atoms with Gasteiger partial charge in [0.25, 0.3) is 0 Å². The highest BCUT2D eigenvalue weighted by atomic mass is 16.3. The molecule has 0 amide bonds. The highest BCUT2D eigenvalue weighted by Gasteiger charge is 2.31. The van der Waals surface area contributed by atoms with Crippen molar-refractivity contribution < 1.29 is 4.42 Å². The van der Waals surface area contributed by atoms with E-state index in [2.05, 4.69) is 40.6 Å². The first kappa shape index (κ1) is 10.5. The summed E-state index contributed by atoms with van der Waals surface area (Å²) in [6.45, 7) is 0.746. The van der Waals surface area contributed by atoms with Gasteiger partial charge in [0.15, 0.2) is 6.39 Å². The average molecular weight is 228 g/mol. The van der Waals surface area contributed by atoms with E-state index in [-0.39, 0.29) is 0 Å². The Hall–Kier alpha value is -1.61. The van der Waals surface area contributed by atoms with Crippen LogP contribution in [0.4, 0.5) is 0 Å². The Labute approximate surface area is 101 Å². The first-order valence-corrected chi connectivity index (χ1v) is 6.09. The van der Waals surface area contributed by atoms with Gasteiger partial charge in [-0.3, -0.25) is 0 Å². The summed E-state index contributed by atoms with van der Waals surface area (Å²) in [6, 6.07) is 11.1. The predicted octanol–water partition coefficient (Wildman–Crippen LogP) is 2.92. The molecule has 1 atom stereocenters. The lowest BCUT2D eigenvalue weighted by Gasteiger charge is -2.17. The van der Waals surface area contributed by atoms with Gasteiger partial charge in [0.1, 0.15) is 5.76 Å². The zero-order valence-electron chi connectivity index (χ0n) is 9.67. The monoisotopic (exact) mass is 228 g/mol. The summed E-state index contributed by atoms with van der Waals surface area (Å²) in [7, 11) is 0. The molecule has 0 radical (unpaired) electrons. The molecule has 1 saturated carbocycles. The topological polar surface area (TPSA) is 38.1 Å². The summed E-state index contributed by atoms with van der Waals surface area (Å²) >= 11 is 0. The molecule has 2 aromatic rings. The molecule has 1 aromatic heterocycles. The molecular weight excluding hydrogens is 212 g/mol. The van der Waals surface area contributed by atoms with Gasteiger partial charge in [-0.15, -0.1) is 0 Å². The smallest absolute Gasteiger partial charge is 0.180 e. The van der Waals surface area contributed by atoms with E-state index in [1.165, 1.54) is 24.8 Å². The van der Waals surface area contributed by atoms with Crippen LogP contribution < -0.4 is 5.32 Å². The van der Waals surface area contributed by atoms with E-state index < -0.39 is 0 Å². The molecule has 1 N–H and O–H groups in total. The maximum absolute atomic E-state index is 5.25. The van der Waals surface area contributed by atoms with Gasteiger partial charge in [0.2, 0.25) is 0 Å². The highest BCUT2D eigenvalue weighted by Crippen LogP contribution is 2.41. The molecule has 1 heterocycles. The second-order valence-corrected chi connectivity index (χ2v) is 4.57. The van der Waals surface area contributed by atoms with Crippen molar-refractivity contribution in [2.24, 2.45) is 5.92 Å². The van der Waals surface area contributed by atoms with Crippen molar-refractivity contribution in [2.75, 3.05) is 0 Å². The molecule has 1 aliphatic rings. The summed E-state index contributed by atoms with van der Waals surface area (Å²) in [5, 5.41) is 3.57. The van der Waals surface area contributed by atoms with E-state index in [9.17, 15) is 0 Å². The number of nitrogens with zero attached hydrogens (tertiary/aromatic N) is 1. The summed E-state index contributed by atoms with van der Waals surface area (Å²) < 4.78 is 5.25. The van der Waals surface area contributed by atoms with Crippen molar-refractivity contribution in [3.8, 4) is 0 Å². The van der Waals surface area contributed by atoms with Crippen LogP contribution in [-0.4, -0.2) is 4.98 Å².